The van der Waals surface area contributed by atoms with E-state index in [-0.39, 0.29) is 36.2 Å². The Morgan fingerprint density at radius 3 is 2.62 bits per heavy atom. The Morgan fingerprint density at radius 1 is 1.15 bits per heavy atom. The summed E-state index contributed by atoms with van der Waals surface area (Å²) in [7, 11) is 1.34. The minimum absolute atomic E-state index is 0.00962. The van der Waals surface area contributed by atoms with Crippen LogP contribution in [0.15, 0.2) is 62.6 Å². The zero-order valence-corrected chi connectivity index (χ0v) is 18.3. The number of rotatable bonds is 6. The Kier molecular flexibility index (Phi) is 6.13. The number of amides is 1. The number of nitrogens with one attached hydrogen (secondary N) is 1. The van der Waals surface area contributed by atoms with Crippen molar-refractivity contribution in [2.24, 2.45) is 7.05 Å². The van der Waals surface area contributed by atoms with Crippen LogP contribution in [-0.4, -0.2) is 30.4 Å². The summed E-state index contributed by atoms with van der Waals surface area (Å²) in [4.78, 5) is 41.7. The first-order chi connectivity index (χ1) is 16.4. The van der Waals surface area contributed by atoms with Crippen LogP contribution in [0.4, 0.5) is 5.69 Å². The van der Waals surface area contributed by atoms with Crippen LogP contribution in [0.1, 0.15) is 23.4 Å². The maximum Gasteiger partial charge on any atom is 0.351 e. The molecule has 0 spiro atoms. The van der Waals surface area contributed by atoms with E-state index in [0.717, 1.165) is 14.8 Å². The van der Waals surface area contributed by atoms with E-state index in [4.69, 9.17) is 9.78 Å². The van der Waals surface area contributed by atoms with E-state index >= 15 is 0 Å². The Labute approximate surface area is 192 Å². The summed E-state index contributed by atoms with van der Waals surface area (Å²) in [5.74, 6) is -0.313. The molecule has 2 heterocycles. The summed E-state index contributed by atoms with van der Waals surface area (Å²) in [5, 5.41) is 19.8. The molecular weight excluding hydrogens is 438 g/mol. The largest absolute Gasteiger partial charge is 0.351 e. The monoisotopic (exact) mass is 457 g/mol. The predicted molar refractivity (Wildman–Crippen MR) is 121 cm³/mol. The summed E-state index contributed by atoms with van der Waals surface area (Å²) in [5.41, 5.74) is 0.788. The lowest BCUT2D eigenvalue weighted by molar-refractivity contribution is -0.116. The van der Waals surface area contributed by atoms with Crippen LogP contribution in [0.25, 0.3) is 17.2 Å². The standard InChI is InChI=1S/C23H19N7O4/c1-14-7-9-16(10-8-14)30-23(33)29(2)22(32)20(27-30)21-26-19(34-28-21)12-11-18(31)25-17-6-4-3-5-15(17)13-24/h3-10H,11-12H2,1-2H3,(H,25,31). The van der Waals surface area contributed by atoms with Crippen molar-refractivity contribution in [1.82, 2.24) is 24.5 Å². The minimum Gasteiger partial charge on any atom is -0.339 e. The first kappa shape index (κ1) is 22.3. The molecular formula is C23H19N7O4. The number of hydrogen-bond acceptors (Lipinski definition) is 8. The number of hydrogen-bond donors (Lipinski definition) is 1. The van der Waals surface area contributed by atoms with E-state index < -0.39 is 11.2 Å². The molecule has 1 amide bonds. The highest BCUT2D eigenvalue weighted by molar-refractivity contribution is 5.92. The number of benzene rings is 2. The van der Waals surface area contributed by atoms with E-state index in [1.54, 1.807) is 36.4 Å². The van der Waals surface area contributed by atoms with Crippen LogP contribution in [0, 0.1) is 18.3 Å². The van der Waals surface area contributed by atoms with E-state index in [0.29, 0.717) is 16.9 Å². The van der Waals surface area contributed by atoms with Crippen molar-refractivity contribution in [2.75, 3.05) is 5.32 Å². The Morgan fingerprint density at radius 2 is 1.88 bits per heavy atom. The second-order valence-electron chi connectivity index (χ2n) is 7.46. The number of nitrogens with zero attached hydrogens (tertiary/aromatic N) is 6. The van der Waals surface area contributed by atoms with Crippen molar-refractivity contribution in [3.8, 4) is 23.3 Å². The minimum atomic E-state index is -0.674. The van der Waals surface area contributed by atoms with Crippen molar-refractivity contribution in [2.45, 2.75) is 19.8 Å². The third kappa shape index (κ3) is 4.51. The number of carbonyl (C=O) groups is 1. The first-order valence-electron chi connectivity index (χ1n) is 10.3. The molecule has 0 fully saturated rings. The van der Waals surface area contributed by atoms with Gasteiger partial charge in [0, 0.05) is 19.9 Å². The molecule has 4 aromatic rings. The lowest BCUT2D eigenvalue weighted by Crippen LogP contribution is -2.40. The number of aromatic nitrogens is 5. The Hall–Kier alpha value is -4.85. The lowest BCUT2D eigenvalue weighted by atomic mass is 10.2. The topological polar surface area (TPSA) is 149 Å². The molecule has 0 saturated carbocycles. The molecule has 0 radical (unpaired) electrons. The number of anilines is 1. The Bertz CT molecular complexity index is 1520. The summed E-state index contributed by atoms with van der Waals surface area (Å²) < 4.78 is 7.19. The van der Waals surface area contributed by atoms with Gasteiger partial charge < -0.3 is 9.84 Å². The van der Waals surface area contributed by atoms with Gasteiger partial charge in [0.1, 0.15) is 6.07 Å². The van der Waals surface area contributed by atoms with Gasteiger partial charge in [-0.25, -0.2) is 4.79 Å². The van der Waals surface area contributed by atoms with E-state index in [9.17, 15) is 14.4 Å². The smallest absolute Gasteiger partial charge is 0.339 e. The SMILES string of the molecule is Cc1ccc(-n2nc(-c3noc(CCC(=O)Nc4ccccc4C#N)n3)c(=O)n(C)c2=O)cc1. The lowest BCUT2D eigenvalue weighted by Gasteiger charge is -2.08. The molecule has 0 saturated heterocycles. The van der Waals surface area contributed by atoms with E-state index in [1.165, 1.54) is 7.05 Å². The number of nitriles is 1. The molecule has 170 valence electrons. The molecule has 2 aromatic heterocycles. The highest BCUT2D eigenvalue weighted by atomic mass is 16.5. The molecule has 0 aliphatic carbocycles. The predicted octanol–water partition coefficient (Wildman–Crippen LogP) is 1.73. The highest BCUT2D eigenvalue weighted by Gasteiger charge is 2.19. The zero-order chi connectivity index (χ0) is 24.2. The van der Waals surface area contributed by atoms with Crippen molar-refractivity contribution >= 4 is 11.6 Å². The molecule has 11 heteroatoms. The summed E-state index contributed by atoms with van der Waals surface area (Å²) in [6.45, 7) is 1.91. The second kappa shape index (κ2) is 9.33. The van der Waals surface area contributed by atoms with Crippen LogP contribution in [0.5, 0.6) is 0 Å². The fourth-order valence-corrected chi connectivity index (χ4v) is 3.14. The number of aryl methyl sites for hydroxylation is 2. The van der Waals surface area contributed by atoms with Gasteiger partial charge >= 0.3 is 5.69 Å². The summed E-state index contributed by atoms with van der Waals surface area (Å²) in [6, 6.07) is 15.7. The van der Waals surface area contributed by atoms with Crippen molar-refractivity contribution in [1.29, 1.82) is 5.26 Å². The molecule has 0 atom stereocenters. The molecule has 0 unspecified atom stereocenters. The van der Waals surface area contributed by atoms with Gasteiger partial charge in [-0.2, -0.15) is 20.0 Å². The quantitative estimate of drug-likeness (QED) is 0.460. The van der Waals surface area contributed by atoms with Crippen LogP contribution in [0.2, 0.25) is 0 Å². The summed E-state index contributed by atoms with van der Waals surface area (Å²) in [6.07, 6.45) is 0.112. The van der Waals surface area contributed by atoms with Gasteiger partial charge in [-0.15, -0.1) is 0 Å². The van der Waals surface area contributed by atoms with Crippen molar-refractivity contribution in [3.63, 3.8) is 0 Å². The maximum atomic E-state index is 12.6. The molecule has 0 aliphatic heterocycles. The third-order valence-electron chi connectivity index (χ3n) is 5.02. The highest BCUT2D eigenvalue weighted by Crippen LogP contribution is 2.15. The number of para-hydroxylation sites is 1. The van der Waals surface area contributed by atoms with Gasteiger partial charge in [0.15, 0.2) is 5.69 Å². The molecule has 0 bridgehead atoms. The third-order valence-corrected chi connectivity index (χ3v) is 5.02. The number of carbonyl (C=O) groups excluding carboxylic acids is 1. The van der Waals surface area contributed by atoms with Crippen molar-refractivity contribution in [3.05, 3.63) is 86.4 Å². The van der Waals surface area contributed by atoms with Gasteiger partial charge in [-0.05, 0) is 31.2 Å². The maximum absolute atomic E-state index is 12.6. The second-order valence-corrected chi connectivity index (χ2v) is 7.46. The van der Waals surface area contributed by atoms with Crippen LogP contribution in [0.3, 0.4) is 0 Å². The van der Waals surface area contributed by atoms with Gasteiger partial charge in [-0.1, -0.05) is 35.0 Å². The molecule has 1 N–H and O–H groups in total. The molecule has 4 rings (SSSR count). The fourth-order valence-electron chi connectivity index (χ4n) is 3.14. The molecule has 34 heavy (non-hydrogen) atoms. The van der Waals surface area contributed by atoms with Crippen LogP contribution >= 0.6 is 0 Å². The summed E-state index contributed by atoms with van der Waals surface area (Å²) >= 11 is 0. The molecule has 0 aliphatic rings. The zero-order valence-electron chi connectivity index (χ0n) is 18.3. The van der Waals surface area contributed by atoms with Gasteiger partial charge in [0.05, 0.1) is 16.9 Å². The Balaban J connectivity index is 1.54. The van der Waals surface area contributed by atoms with Crippen molar-refractivity contribution < 1.29 is 9.32 Å². The average Bonchev–Trinajstić information content (AvgIpc) is 3.31. The fraction of sp³-hybridized carbons (Fsp3) is 0.174. The van der Waals surface area contributed by atoms with E-state index in [1.807, 2.05) is 25.1 Å². The molecule has 11 nitrogen and oxygen atoms in total. The van der Waals surface area contributed by atoms with Gasteiger partial charge in [-0.3, -0.25) is 14.2 Å². The molecule has 2 aromatic carbocycles. The first-order valence-corrected chi connectivity index (χ1v) is 10.3. The van der Waals surface area contributed by atoms with Crippen LogP contribution in [-0.2, 0) is 18.3 Å². The average molecular weight is 457 g/mol. The van der Waals surface area contributed by atoms with E-state index in [2.05, 4.69) is 20.6 Å². The van der Waals surface area contributed by atoms with Gasteiger partial charge in [0.25, 0.3) is 5.56 Å². The van der Waals surface area contributed by atoms with Gasteiger partial charge in [0.2, 0.25) is 17.6 Å². The van der Waals surface area contributed by atoms with Crippen LogP contribution < -0.4 is 16.6 Å². The normalized spacial score (nSPS) is 10.6.